The van der Waals surface area contributed by atoms with E-state index in [0.717, 1.165) is 22.4 Å². The Hall–Kier alpha value is -3.93. The van der Waals surface area contributed by atoms with E-state index in [2.05, 4.69) is 21.3 Å². The van der Waals surface area contributed by atoms with Gasteiger partial charge in [0.05, 0.1) is 33.1 Å². The molecule has 222 valence electrons. The lowest BCUT2D eigenvalue weighted by Crippen LogP contribution is -2.45. The average molecular weight is 587 g/mol. The SMILES string of the molecule is COc1cc2c(c(OC)c1OC)-c1ccc(NCCNC(=O)[C@H](CCSC)NC=O)c(=O)cc1[C@@H](NC(C)=O)CC2. The summed E-state index contributed by atoms with van der Waals surface area (Å²) in [6.45, 7) is 1.98. The summed E-state index contributed by atoms with van der Waals surface area (Å²) < 4.78 is 17.0. The number of carbonyl (C=O) groups is 3. The maximum absolute atomic E-state index is 13.4. The number of hydrogen-bond donors (Lipinski definition) is 4. The predicted octanol–water partition coefficient (Wildman–Crippen LogP) is 2.26. The normalized spacial score (nSPS) is 14.3. The molecule has 0 unspecified atom stereocenters. The molecule has 4 N–H and O–H groups in total. The highest BCUT2D eigenvalue weighted by Crippen LogP contribution is 2.50. The Morgan fingerprint density at radius 2 is 1.85 bits per heavy atom. The molecule has 0 bridgehead atoms. The van der Waals surface area contributed by atoms with E-state index in [0.29, 0.717) is 54.2 Å². The fourth-order valence-corrected chi connectivity index (χ4v) is 5.44. The van der Waals surface area contributed by atoms with E-state index in [1.807, 2.05) is 18.4 Å². The standard InChI is InChI=1S/C29H38N4O7S/c1-17(35)33-21-8-6-18-14-25(38-2)27(39-3)28(40-4)26(18)19-7-9-22(24(36)15-20(19)21)30-11-12-31-29(37)23(32-16-34)10-13-41-5/h7,9,14-16,21,23H,6,8,10-13H2,1-5H3,(H,30,36)(H,31,37)(H,32,34)(H,33,35)/t21-,23-/m0/s1. The number of thioether (sulfide) groups is 1. The van der Waals surface area contributed by atoms with Crippen LogP contribution in [0.5, 0.6) is 17.2 Å². The molecule has 0 saturated carbocycles. The zero-order chi connectivity index (χ0) is 29.9. The molecule has 12 heteroatoms. The van der Waals surface area contributed by atoms with Crippen molar-refractivity contribution in [3.8, 4) is 28.4 Å². The number of anilines is 1. The van der Waals surface area contributed by atoms with Crippen molar-refractivity contribution in [1.29, 1.82) is 0 Å². The number of ether oxygens (including phenoxy) is 3. The first-order chi connectivity index (χ1) is 19.8. The summed E-state index contributed by atoms with van der Waals surface area (Å²) in [5.41, 5.74) is 3.15. The molecule has 0 aromatic heterocycles. The Kier molecular flexibility index (Phi) is 11.7. The van der Waals surface area contributed by atoms with E-state index in [9.17, 15) is 19.2 Å². The van der Waals surface area contributed by atoms with Gasteiger partial charge in [-0.2, -0.15) is 11.8 Å². The quantitative estimate of drug-likeness (QED) is 0.194. The Morgan fingerprint density at radius 3 is 2.49 bits per heavy atom. The third kappa shape index (κ3) is 7.63. The van der Waals surface area contributed by atoms with Gasteiger partial charge in [-0.05, 0) is 66.2 Å². The minimum Gasteiger partial charge on any atom is -0.493 e. The van der Waals surface area contributed by atoms with Crippen molar-refractivity contribution >= 4 is 35.7 Å². The van der Waals surface area contributed by atoms with Crippen LogP contribution in [0.1, 0.15) is 36.9 Å². The van der Waals surface area contributed by atoms with Gasteiger partial charge >= 0.3 is 0 Å². The van der Waals surface area contributed by atoms with Gasteiger partial charge in [0.25, 0.3) is 0 Å². The highest BCUT2D eigenvalue weighted by atomic mass is 32.2. The van der Waals surface area contributed by atoms with Crippen molar-refractivity contribution < 1.29 is 28.6 Å². The zero-order valence-electron chi connectivity index (χ0n) is 24.1. The van der Waals surface area contributed by atoms with E-state index in [-0.39, 0.29) is 30.3 Å². The molecule has 0 aliphatic heterocycles. The molecule has 0 fully saturated rings. The number of nitrogens with one attached hydrogen (secondary N) is 4. The summed E-state index contributed by atoms with van der Waals surface area (Å²) in [6, 6.07) is 5.93. The smallest absolute Gasteiger partial charge is 0.242 e. The number of rotatable bonds is 14. The first-order valence-electron chi connectivity index (χ1n) is 13.3. The third-order valence-corrected chi connectivity index (χ3v) is 7.50. The van der Waals surface area contributed by atoms with Crippen molar-refractivity contribution in [2.24, 2.45) is 0 Å². The van der Waals surface area contributed by atoms with E-state index >= 15 is 0 Å². The number of hydrogen-bond acceptors (Lipinski definition) is 9. The van der Waals surface area contributed by atoms with Gasteiger partial charge in [-0.15, -0.1) is 0 Å². The number of amides is 3. The summed E-state index contributed by atoms with van der Waals surface area (Å²) >= 11 is 1.59. The lowest BCUT2D eigenvalue weighted by Gasteiger charge is -2.19. The van der Waals surface area contributed by atoms with Gasteiger partial charge in [0.1, 0.15) is 6.04 Å². The lowest BCUT2D eigenvalue weighted by atomic mass is 9.95. The summed E-state index contributed by atoms with van der Waals surface area (Å²) in [5, 5.41) is 11.4. The molecule has 41 heavy (non-hydrogen) atoms. The molecule has 2 aromatic carbocycles. The van der Waals surface area contributed by atoms with Crippen LogP contribution in [0.25, 0.3) is 11.1 Å². The molecule has 0 radical (unpaired) electrons. The monoisotopic (exact) mass is 586 g/mol. The predicted molar refractivity (Wildman–Crippen MR) is 160 cm³/mol. The van der Waals surface area contributed by atoms with Gasteiger partial charge < -0.3 is 35.5 Å². The summed E-state index contributed by atoms with van der Waals surface area (Å²) in [7, 11) is 4.64. The molecular weight excluding hydrogens is 548 g/mol. The fourth-order valence-electron chi connectivity index (χ4n) is 4.97. The van der Waals surface area contributed by atoms with Crippen LogP contribution in [0, 0.1) is 0 Å². The topological polar surface area (TPSA) is 144 Å². The molecule has 1 aliphatic rings. The van der Waals surface area contributed by atoms with Crippen LogP contribution in [0.2, 0.25) is 0 Å². The van der Waals surface area contributed by atoms with Gasteiger partial charge in [0.15, 0.2) is 11.5 Å². The second-order valence-electron chi connectivity index (χ2n) is 9.43. The minimum atomic E-state index is -0.614. The van der Waals surface area contributed by atoms with Gasteiger partial charge in [0, 0.05) is 25.6 Å². The largest absolute Gasteiger partial charge is 0.493 e. The second-order valence-corrected chi connectivity index (χ2v) is 10.4. The Balaban J connectivity index is 1.96. The number of carbonyl (C=O) groups excluding carboxylic acids is 3. The molecular formula is C29H38N4O7S. The molecule has 0 spiro atoms. The molecule has 2 aromatic rings. The third-order valence-electron chi connectivity index (χ3n) is 6.85. The van der Waals surface area contributed by atoms with E-state index in [1.54, 1.807) is 32.0 Å². The maximum atomic E-state index is 13.4. The van der Waals surface area contributed by atoms with Crippen molar-refractivity contribution in [1.82, 2.24) is 16.0 Å². The minimum absolute atomic E-state index is 0.206. The van der Waals surface area contributed by atoms with Gasteiger partial charge in [-0.1, -0.05) is 6.07 Å². The molecule has 11 nitrogen and oxygen atoms in total. The Bertz CT molecular complexity index is 1320. The number of benzene rings is 1. The highest BCUT2D eigenvalue weighted by Gasteiger charge is 2.29. The lowest BCUT2D eigenvalue weighted by molar-refractivity contribution is -0.125. The van der Waals surface area contributed by atoms with Crippen LogP contribution in [-0.4, -0.2) is 70.7 Å². The van der Waals surface area contributed by atoms with Crippen LogP contribution in [0.15, 0.2) is 29.1 Å². The first kappa shape index (κ1) is 31.6. The maximum Gasteiger partial charge on any atom is 0.242 e. The van der Waals surface area contributed by atoms with Gasteiger partial charge in [0.2, 0.25) is 29.4 Å². The zero-order valence-corrected chi connectivity index (χ0v) is 24.9. The van der Waals surface area contributed by atoms with Crippen LogP contribution >= 0.6 is 11.8 Å². The number of aryl methyl sites for hydroxylation is 1. The Labute approximate surface area is 244 Å². The van der Waals surface area contributed by atoms with Crippen molar-refractivity contribution in [2.45, 2.75) is 38.3 Å². The first-order valence-corrected chi connectivity index (χ1v) is 14.7. The van der Waals surface area contributed by atoms with Crippen LogP contribution < -0.4 is 40.9 Å². The van der Waals surface area contributed by atoms with Crippen molar-refractivity contribution in [3.05, 3.63) is 45.6 Å². The molecule has 0 heterocycles. The summed E-state index contributed by atoms with van der Waals surface area (Å²) in [5.74, 6) is 1.67. The molecule has 3 rings (SSSR count). The Morgan fingerprint density at radius 1 is 1.10 bits per heavy atom. The highest BCUT2D eigenvalue weighted by molar-refractivity contribution is 7.98. The van der Waals surface area contributed by atoms with E-state index in [1.165, 1.54) is 20.1 Å². The van der Waals surface area contributed by atoms with Crippen LogP contribution in [0.4, 0.5) is 5.69 Å². The molecule has 1 aliphatic carbocycles. The number of methoxy groups -OCH3 is 3. The molecule has 2 atom stereocenters. The molecule has 3 amide bonds. The van der Waals surface area contributed by atoms with E-state index < -0.39 is 12.1 Å². The van der Waals surface area contributed by atoms with E-state index in [4.69, 9.17) is 14.2 Å². The van der Waals surface area contributed by atoms with Crippen molar-refractivity contribution in [2.75, 3.05) is 51.7 Å². The average Bonchev–Trinajstić information content (AvgIpc) is 3.20. The summed E-state index contributed by atoms with van der Waals surface area (Å²) in [6.07, 6.45) is 4.13. The van der Waals surface area contributed by atoms with Crippen molar-refractivity contribution in [3.63, 3.8) is 0 Å². The molecule has 0 saturated heterocycles. The van der Waals surface area contributed by atoms with Crippen LogP contribution in [0.3, 0.4) is 0 Å². The summed E-state index contributed by atoms with van der Waals surface area (Å²) in [4.78, 5) is 48.8. The van der Waals surface area contributed by atoms with Gasteiger partial charge in [-0.25, -0.2) is 0 Å². The van der Waals surface area contributed by atoms with Crippen LogP contribution in [-0.2, 0) is 20.8 Å². The van der Waals surface area contributed by atoms with Gasteiger partial charge in [-0.3, -0.25) is 19.2 Å². The number of fused-ring (bicyclic) bond motifs is 3. The second kappa shape index (κ2) is 15.2. The fraction of sp³-hybridized carbons (Fsp3) is 0.448.